The Morgan fingerprint density at radius 1 is 1.70 bits per heavy atom. The molecule has 1 atom stereocenters. The van der Waals surface area contributed by atoms with Crippen LogP contribution in [0.2, 0.25) is 0 Å². The highest BCUT2D eigenvalue weighted by atomic mass is 16.5. The van der Waals surface area contributed by atoms with E-state index in [2.05, 4.69) is 17.9 Å². The highest BCUT2D eigenvalue weighted by Gasteiger charge is 1.92. The van der Waals surface area contributed by atoms with Crippen LogP contribution in [0.3, 0.4) is 0 Å². The molecule has 0 bridgehead atoms. The van der Waals surface area contributed by atoms with Crippen molar-refractivity contribution in [1.29, 1.82) is 0 Å². The summed E-state index contributed by atoms with van der Waals surface area (Å²) in [6.07, 6.45) is 8.40. The predicted octanol–water partition coefficient (Wildman–Crippen LogP) is 2.52. The molecule has 1 unspecified atom stereocenters. The van der Waals surface area contributed by atoms with Gasteiger partial charge in [0.1, 0.15) is 12.2 Å². The van der Waals surface area contributed by atoms with E-state index in [1.807, 2.05) is 13.8 Å². The Morgan fingerprint density at radius 2 is 2.30 bits per heavy atom. The second-order valence-electron chi connectivity index (χ2n) is 1.71. The van der Waals surface area contributed by atoms with Crippen LogP contribution >= 0.6 is 0 Å². The van der Waals surface area contributed by atoms with Crippen LogP contribution in [0.15, 0.2) is 0 Å². The molecule has 0 aliphatic heterocycles. The Morgan fingerprint density at radius 3 is 2.70 bits per heavy atom. The Hall–Kier alpha value is -1.08. The zero-order valence-electron chi connectivity index (χ0n) is 5.77. The minimum atomic E-state index is 0. The van der Waals surface area contributed by atoms with Crippen LogP contribution in [0, 0.1) is 24.4 Å². The SMILES string of the molecule is C.C#CC#COC(C)CC.[HH].[HH]. The van der Waals surface area contributed by atoms with Gasteiger partial charge in [0.25, 0.3) is 0 Å². The van der Waals surface area contributed by atoms with Gasteiger partial charge in [0.05, 0.1) is 0 Å². The third-order valence-electron chi connectivity index (χ3n) is 0.958. The third kappa shape index (κ3) is 6.92. The normalized spacial score (nSPS) is 9.30. The average Bonchev–Trinajstić information content (AvgIpc) is 1.89. The minimum absolute atomic E-state index is 0. The van der Waals surface area contributed by atoms with Gasteiger partial charge in [0.2, 0.25) is 0 Å². The van der Waals surface area contributed by atoms with Crippen LogP contribution in [-0.2, 0) is 4.74 Å². The molecule has 0 saturated carbocycles. The fourth-order valence-corrected chi connectivity index (χ4v) is 0.243. The topological polar surface area (TPSA) is 9.23 Å². The van der Waals surface area contributed by atoms with Crippen LogP contribution in [0.5, 0.6) is 0 Å². The van der Waals surface area contributed by atoms with E-state index in [1.54, 1.807) is 0 Å². The molecule has 1 heteroatoms. The Balaban J connectivity index is -0.000000107. The number of ether oxygens (including phenoxy) is 1. The van der Waals surface area contributed by atoms with Gasteiger partial charge in [-0.05, 0) is 19.3 Å². The summed E-state index contributed by atoms with van der Waals surface area (Å²) >= 11 is 0. The molecule has 1 nitrogen and oxygen atoms in total. The Bertz CT molecular complexity index is 162. The van der Waals surface area contributed by atoms with Crippen molar-refractivity contribution in [2.45, 2.75) is 33.8 Å². The Labute approximate surface area is 66.7 Å². The zero-order valence-corrected chi connectivity index (χ0v) is 5.77. The van der Waals surface area contributed by atoms with E-state index in [-0.39, 0.29) is 16.4 Å². The summed E-state index contributed by atoms with van der Waals surface area (Å²) in [5.41, 5.74) is 0. The maximum atomic E-state index is 4.93. The third-order valence-corrected chi connectivity index (χ3v) is 0.958. The number of hydrogen-bond donors (Lipinski definition) is 0. The van der Waals surface area contributed by atoms with Crippen molar-refractivity contribution in [3.05, 3.63) is 0 Å². The lowest BCUT2D eigenvalue weighted by molar-refractivity contribution is 0.181. The summed E-state index contributed by atoms with van der Waals surface area (Å²) < 4.78 is 4.93. The van der Waals surface area contributed by atoms with Crippen molar-refractivity contribution in [2.24, 2.45) is 0 Å². The highest BCUT2D eigenvalue weighted by Crippen LogP contribution is 1.92. The van der Waals surface area contributed by atoms with Crippen molar-refractivity contribution in [3.63, 3.8) is 0 Å². The smallest absolute Gasteiger partial charge is 0.124 e. The lowest BCUT2D eigenvalue weighted by atomic mass is 10.3. The molecule has 0 rings (SSSR count). The van der Waals surface area contributed by atoms with Crippen LogP contribution in [0.25, 0.3) is 0 Å². The van der Waals surface area contributed by atoms with Crippen molar-refractivity contribution in [1.82, 2.24) is 0 Å². The monoisotopic (exact) mass is 142 g/mol. The van der Waals surface area contributed by atoms with Gasteiger partial charge in [-0.2, -0.15) is 0 Å². The van der Waals surface area contributed by atoms with Crippen LogP contribution < -0.4 is 0 Å². The summed E-state index contributed by atoms with van der Waals surface area (Å²) in [5, 5.41) is 0. The molecule has 0 heterocycles. The molecule has 60 valence electrons. The molecule has 0 amide bonds. The molecule has 0 aromatic rings. The summed E-state index contributed by atoms with van der Waals surface area (Å²) in [6, 6.07) is 0. The fourth-order valence-electron chi connectivity index (χ4n) is 0.243. The molecule has 0 spiro atoms. The summed E-state index contributed by atoms with van der Waals surface area (Å²) in [6.45, 7) is 3.98. The molecule has 10 heavy (non-hydrogen) atoms. The van der Waals surface area contributed by atoms with Crippen molar-refractivity contribution < 1.29 is 7.59 Å². The molecule has 0 aromatic carbocycles. The molecule has 0 aliphatic carbocycles. The van der Waals surface area contributed by atoms with Crippen LogP contribution in [0.4, 0.5) is 0 Å². The maximum absolute atomic E-state index is 4.93. The summed E-state index contributed by atoms with van der Waals surface area (Å²) in [5.74, 6) is 4.53. The lowest BCUT2D eigenvalue weighted by Crippen LogP contribution is -2.00. The minimum Gasteiger partial charge on any atom is -0.443 e. The Kier molecular flexibility index (Phi) is 9.25. The maximum Gasteiger partial charge on any atom is 0.124 e. The molecular weight excluding hydrogens is 124 g/mol. The van der Waals surface area contributed by atoms with E-state index in [4.69, 9.17) is 11.2 Å². The first-order chi connectivity index (χ1) is 4.31. The molecule has 0 N–H and O–H groups in total. The average molecular weight is 142 g/mol. The van der Waals surface area contributed by atoms with Gasteiger partial charge in [0.15, 0.2) is 0 Å². The van der Waals surface area contributed by atoms with E-state index in [9.17, 15) is 0 Å². The van der Waals surface area contributed by atoms with Crippen LogP contribution in [0.1, 0.15) is 30.5 Å². The molecular formula is C9H18O. The van der Waals surface area contributed by atoms with Gasteiger partial charge >= 0.3 is 0 Å². The van der Waals surface area contributed by atoms with Gasteiger partial charge in [-0.1, -0.05) is 14.4 Å². The second kappa shape index (κ2) is 7.92. The number of rotatable bonds is 2. The number of terminal acetylenes is 1. The standard InChI is InChI=1S/C8H10O.CH4.2H2/c1-4-6-7-9-8(3)5-2;;;/h1,8H,5H2,2-3H3;1H4;2*1H. The molecule has 0 radical (unpaired) electrons. The predicted molar refractivity (Wildman–Crippen MR) is 48.4 cm³/mol. The lowest BCUT2D eigenvalue weighted by Gasteiger charge is -2.02. The molecule has 0 fully saturated rings. The van der Waals surface area contributed by atoms with Crippen molar-refractivity contribution in [3.8, 4) is 24.4 Å². The zero-order chi connectivity index (χ0) is 7.11. The van der Waals surface area contributed by atoms with Crippen molar-refractivity contribution in [2.75, 3.05) is 0 Å². The van der Waals surface area contributed by atoms with Gasteiger partial charge in [-0.15, -0.1) is 6.42 Å². The second-order valence-corrected chi connectivity index (χ2v) is 1.71. The van der Waals surface area contributed by atoms with Crippen molar-refractivity contribution >= 4 is 0 Å². The van der Waals surface area contributed by atoms with E-state index in [1.165, 1.54) is 0 Å². The van der Waals surface area contributed by atoms with Crippen LogP contribution in [-0.4, -0.2) is 6.10 Å². The molecule has 0 saturated heterocycles. The first-order valence-corrected chi connectivity index (χ1v) is 2.92. The molecule has 0 aromatic heterocycles. The first-order valence-electron chi connectivity index (χ1n) is 2.92. The summed E-state index contributed by atoms with van der Waals surface area (Å²) in [4.78, 5) is 0. The van der Waals surface area contributed by atoms with E-state index in [0.29, 0.717) is 0 Å². The highest BCUT2D eigenvalue weighted by molar-refractivity contribution is 5.18. The largest absolute Gasteiger partial charge is 0.443 e. The number of hydrogen-bond acceptors (Lipinski definition) is 1. The molecule has 0 aliphatic rings. The van der Waals surface area contributed by atoms with Gasteiger partial charge in [-0.25, -0.2) is 0 Å². The first kappa shape index (κ1) is 11.7. The van der Waals surface area contributed by atoms with E-state index in [0.717, 1.165) is 6.42 Å². The summed E-state index contributed by atoms with van der Waals surface area (Å²) in [7, 11) is 0. The van der Waals surface area contributed by atoms with Gasteiger partial charge in [0, 0.05) is 8.77 Å². The fraction of sp³-hybridized carbons (Fsp3) is 0.556. The van der Waals surface area contributed by atoms with Gasteiger partial charge < -0.3 is 4.74 Å². The quantitative estimate of drug-likeness (QED) is 0.538. The van der Waals surface area contributed by atoms with Gasteiger partial charge in [-0.3, -0.25) is 0 Å². The van der Waals surface area contributed by atoms with E-state index < -0.39 is 0 Å². The van der Waals surface area contributed by atoms with E-state index >= 15 is 0 Å².